The van der Waals surface area contributed by atoms with E-state index in [0.717, 1.165) is 64.2 Å². The van der Waals surface area contributed by atoms with Gasteiger partial charge in [-0.05, 0) is 70.6 Å². The van der Waals surface area contributed by atoms with Crippen molar-refractivity contribution in [3.05, 3.63) is 72.9 Å². The summed E-state index contributed by atoms with van der Waals surface area (Å²) in [7, 11) is 1.57. The maximum absolute atomic E-state index is 13.1. The first-order valence-electron chi connectivity index (χ1n) is 37.3. The molecule has 8 nitrogen and oxygen atoms in total. The molecule has 0 fully saturated rings. The van der Waals surface area contributed by atoms with E-state index in [1.54, 1.807) is 6.08 Å². The molecular formula is C77H146N2O6P+. The molecule has 0 aliphatic carbocycles. The van der Waals surface area contributed by atoms with Gasteiger partial charge in [-0.3, -0.25) is 13.8 Å². The normalized spacial score (nSPS) is 14.0. The van der Waals surface area contributed by atoms with Crippen LogP contribution in [0.3, 0.4) is 0 Å². The third-order valence-electron chi connectivity index (χ3n) is 16.9. The second kappa shape index (κ2) is 67.3. The third kappa shape index (κ3) is 69.4. The van der Waals surface area contributed by atoms with Crippen LogP contribution < -0.4 is 5.32 Å². The van der Waals surface area contributed by atoms with E-state index >= 15 is 0 Å². The summed E-state index contributed by atoms with van der Waals surface area (Å²) in [5.41, 5.74) is 0. The zero-order valence-electron chi connectivity index (χ0n) is 57.8. The average Bonchev–Trinajstić information content (AvgIpc) is 3.70. The first kappa shape index (κ1) is 83.9. The standard InChI is InChI=1S/C77H145N2O6P/c1-6-8-10-12-14-16-18-20-22-24-26-28-30-32-34-35-36-37-38-39-40-41-42-43-45-47-49-51-53-55-57-59-61-63-65-67-69-71-77(81)78-75(74-85-86(82,83)84-73-72-79(3,4)5)76(80)70-68-66-64-62-60-58-56-54-52-50-48-46-44-33-31-29-27-25-23-21-19-17-15-13-11-9-7-2/h8,10,14,16,20,22,26,28,60,62,68,70,75-76,80H,6-7,9,11-13,15,17-19,21,23-25,27,29-59,61,63-67,69,71-74H2,1-5H3,(H-,78,81,82,83)/p+1/b10-8-,16-14-,22-20-,28-26-,62-60+,70-68+. The summed E-state index contributed by atoms with van der Waals surface area (Å²) in [6.45, 7) is 4.73. The van der Waals surface area contributed by atoms with Crippen molar-refractivity contribution in [1.82, 2.24) is 5.32 Å². The van der Waals surface area contributed by atoms with E-state index in [4.69, 9.17) is 9.05 Å². The van der Waals surface area contributed by atoms with E-state index in [1.807, 2.05) is 27.2 Å². The molecule has 0 bridgehead atoms. The number of carbonyl (C=O) groups is 1. The van der Waals surface area contributed by atoms with Crippen LogP contribution in [0.25, 0.3) is 0 Å². The van der Waals surface area contributed by atoms with Crippen LogP contribution in [-0.2, 0) is 18.4 Å². The molecule has 0 aliphatic heterocycles. The maximum Gasteiger partial charge on any atom is 0.472 e. The van der Waals surface area contributed by atoms with Crippen LogP contribution in [0.1, 0.15) is 361 Å². The second-order valence-electron chi connectivity index (χ2n) is 26.6. The van der Waals surface area contributed by atoms with Gasteiger partial charge in [0.05, 0.1) is 39.9 Å². The lowest BCUT2D eigenvalue weighted by Gasteiger charge is -2.25. The summed E-state index contributed by atoms with van der Waals surface area (Å²) < 4.78 is 23.8. The minimum absolute atomic E-state index is 0.0566. The number of aliphatic hydroxyl groups is 1. The summed E-state index contributed by atoms with van der Waals surface area (Å²) in [4.78, 5) is 23.4. The van der Waals surface area contributed by atoms with Gasteiger partial charge in [0.2, 0.25) is 5.91 Å². The molecule has 0 rings (SSSR count). The molecule has 0 saturated carbocycles. The lowest BCUT2D eigenvalue weighted by atomic mass is 10.0. The Morgan fingerprint density at radius 1 is 0.407 bits per heavy atom. The monoisotopic (exact) mass is 1230 g/mol. The van der Waals surface area contributed by atoms with Crippen LogP contribution in [0.5, 0.6) is 0 Å². The lowest BCUT2D eigenvalue weighted by molar-refractivity contribution is -0.870. The lowest BCUT2D eigenvalue weighted by Crippen LogP contribution is -2.45. The number of amides is 1. The van der Waals surface area contributed by atoms with Crippen molar-refractivity contribution in [2.45, 2.75) is 373 Å². The Balaban J connectivity index is 4.00. The van der Waals surface area contributed by atoms with E-state index in [9.17, 15) is 19.4 Å². The largest absolute Gasteiger partial charge is 0.472 e. The molecule has 9 heteroatoms. The Labute approximate surface area is 535 Å². The highest BCUT2D eigenvalue weighted by Crippen LogP contribution is 2.43. The molecule has 1 amide bonds. The first-order valence-corrected chi connectivity index (χ1v) is 38.8. The van der Waals surface area contributed by atoms with Crippen molar-refractivity contribution < 1.29 is 32.9 Å². The Kier molecular flexibility index (Phi) is 65.7. The summed E-state index contributed by atoms with van der Waals surface area (Å²) in [5, 5.41) is 14.0. The van der Waals surface area contributed by atoms with E-state index < -0.39 is 20.0 Å². The van der Waals surface area contributed by atoms with Crippen LogP contribution in [0.15, 0.2) is 72.9 Å². The molecule has 86 heavy (non-hydrogen) atoms. The number of unbranched alkanes of at least 4 members (excludes halogenated alkanes) is 46. The summed E-state index contributed by atoms with van der Waals surface area (Å²) >= 11 is 0. The topological polar surface area (TPSA) is 105 Å². The quantitative estimate of drug-likeness (QED) is 0.0243. The van der Waals surface area contributed by atoms with E-state index in [-0.39, 0.29) is 19.1 Å². The SMILES string of the molecule is CC/C=C\C/C=C\C/C=C\C/C=C\CCCCCCCCCCCCCCCCCCCCCCCCCCC(=O)NC(COP(=O)(O)OCC[N+](C)(C)C)C(O)/C=C/CC/C=C/CCCCCCCCCCCCCCCCCCCCCCC. The van der Waals surface area contributed by atoms with Crippen molar-refractivity contribution in [2.75, 3.05) is 40.9 Å². The Bertz CT molecular complexity index is 1630. The van der Waals surface area contributed by atoms with Crippen molar-refractivity contribution in [1.29, 1.82) is 0 Å². The van der Waals surface area contributed by atoms with Gasteiger partial charge in [-0.25, -0.2) is 4.57 Å². The van der Waals surface area contributed by atoms with Crippen LogP contribution in [0.2, 0.25) is 0 Å². The third-order valence-corrected chi connectivity index (χ3v) is 17.9. The van der Waals surface area contributed by atoms with Gasteiger partial charge in [0, 0.05) is 6.42 Å². The zero-order valence-corrected chi connectivity index (χ0v) is 58.7. The molecular weight excluding hydrogens is 1080 g/mol. The fourth-order valence-corrected chi connectivity index (χ4v) is 11.9. The highest BCUT2D eigenvalue weighted by Gasteiger charge is 2.28. The van der Waals surface area contributed by atoms with Crippen molar-refractivity contribution in [2.24, 2.45) is 0 Å². The van der Waals surface area contributed by atoms with Crippen LogP contribution in [-0.4, -0.2) is 73.4 Å². The molecule has 0 aromatic heterocycles. The minimum Gasteiger partial charge on any atom is -0.387 e. The second-order valence-corrected chi connectivity index (χ2v) is 28.1. The van der Waals surface area contributed by atoms with Gasteiger partial charge in [0.25, 0.3) is 0 Å². The number of aliphatic hydroxyl groups excluding tert-OH is 1. The molecule has 0 aliphatic rings. The predicted molar refractivity (Wildman–Crippen MR) is 378 cm³/mol. The van der Waals surface area contributed by atoms with Crippen molar-refractivity contribution >= 4 is 13.7 Å². The number of carbonyl (C=O) groups excluding carboxylic acids is 1. The fraction of sp³-hybridized carbons (Fsp3) is 0.831. The number of quaternary nitrogens is 1. The average molecular weight is 1230 g/mol. The molecule has 3 N–H and O–H groups in total. The number of phosphoric acid groups is 1. The Hall–Kier alpha value is -2.06. The van der Waals surface area contributed by atoms with Crippen molar-refractivity contribution in [3.63, 3.8) is 0 Å². The molecule has 0 radical (unpaired) electrons. The molecule has 3 unspecified atom stereocenters. The van der Waals surface area contributed by atoms with Gasteiger partial charge < -0.3 is 19.8 Å². The number of phosphoric ester groups is 1. The molecule has 3 atom stereocenters. The number of hydrogen-bond acceptors (Lipinski definition) is 5. The minimum atomic E-state index is -4.36. The fourth-order valence-electron chi connectivity index (χ4n) is 11.2. The van der Waals surface area contributed by atoms with Crippen molar-refractivity contribution in [3.8, 4) is 0 Å². The van der Waals surface area contributed by atoms with Gasteiger partial charge in [0.1, 0.15) is 13.2 Å². The van der Waals surface area contributed by atoms with Gasteiger partial charge in [-0.15, -0.1) is 0 Å². The van der Waals surface area contributed by atoms with E-state index in [1.165, 1.54) is 276 Å². The number of likely N-dealkylation sites (N-methyl/N-ethyl adjacent to an activating group) is 1. The summed E-state index contributed by atoms with van der Waals surface area (Å²) in [6, 6.07) is -0.866. The molecule has 0 heterocycles. The Morgan fingerprint density at radius 2 is 0.709 bits per heavy atom. The first-order chi connectivity index (χ1) is 42.0. The molecule has 0 saturated heterocycles. The highest BCUT2D eigenvalue weighted by molar-refractivity contribution is 7.47. The van der Waals surface area contributed by atoms with E-state index in [0.29, 0.717) is 17.4 Å². The number of nitrogens with zero attached hydrogens (tertiary/aromatic N) is 1. The molecule has 0 spiro atoms. The number of rotatable bonds is 69. The van der Waals surface area contributed by atoms with Gasteiger partial charge in [-0.1, -0.05) is 356 Å². The zero-order chi connectivity index (χ0) is 62.6. The van der Waals surface area contributed by atoms with Gasteiger partial charge in [-0.2, -0.15) is 0 Å². The van der Waals surface area contributed by atoms with Crippen LogP contribution in [0, 0.1) is 0 Å². The van der Waals surface area contributed by atoms with Crippen LogP contribution in [0.4, 0.5) is 0 Å². The number of allylic oxidation sites excluding steroid dienone is 11. The molecule has 0 aromatic carbocycles. The molecule has 0 aromatic rings. The van der Waals surface area contributed by atoms with E-state index in [2.05, 4.69) is 79.9 Å². The van der Waals surface area contributed by atoms with Gasteiger partial charge in [0.15, 0.2) is 0 Å². The molecule has 504 valence electrons. The number of hydrogen-bond donors (Lipinski definition) is 3. The number of nitrogens with one attached hydrogen (secondary N) is 1. The smallest absolute Gasteiger partial charge is 0.387 e. The summed E-state index contributed by atoms with van der Waals surface area (Å²) in [5.74, 6) is -0.180. The highest BCUT2D eigenvalue weighted by atomic mass is 31.2. The predicted octanol–water partition coefficient (Wildman–Crippen LogP) is 24.1. The maximum atomic E-state index is 13.1. The Morgan fingerprint density at radius 3 is 1.07 bits per heavy atom. The van der Waals surface area contributed by atoms with Crippen LogP contribution >= 0.6 is 7.82 Å². The summed E-state index contributed by atoms with van der Waals surface area (Å²) in [6.07, 6.45) is 95.1. The van der Waals surface area contributed by atoms with Gasteiger partial charge >= 0.3 is 7.82 Å².